The number of rotatable bonds is 3. The van der Waals surface area contributed by atoms with Crippen molar-refractivity contribution < 1.29 is 4.79 Å². The summed E-state index contributed by atoms with van der Waals surface area (Å²) in [6, 6.07) is 8.00. The molecular weight excluding hydrogens is 268 g/mol. The first-order valence-electron chi connectivity index (χ1n) is 5.17. The topological polar surface area (TPSA) is 41.1 Å². The van der Waals surface area contributed by atoms with Gasteiger partial charge in [0.15, 0.2) is 0 Å². The van der Waals surface area contributed by atoms with Crippen LogP contribution in [0.15, 0.2) is 28.7 Å². The maximum absolute atomic E-state index is 11.1. The largest absolute Gasteiger partial charge is 0.341 e. The van der Waals surface area contributed by atoms with Gasteiger partial charge < -0.3 is 10.6 Å². The van der Waals surface area contributed by atoms with Gasteiger partial charge in [0.1, 0.15) is 0 Å². The Balaban J connectivity index is 2.69. The van der Waals surface area contributed by atoms with Crippen LogP contribution < -0.4 is 10.6 Å². The molecule has 88 valence electrons. The minimum atomic E-state index is -0.148. The SMILES string of the molecule is CNC(=O)NCC(C)(C)c1ccc(Br)cc1. The van der Waals surface area contributed by atoms with Crippen molar-refractivity contribution in [2.24, 2.45) is 0 Å². The van der Waals surface area contributed by atoms with Gasteiger partial charge in [-0.2, -0.15) is 0 Å². The monoisotopic (exact) mass is 284 g/mol. The first-order valence-corrected chi connectivity index (χ1v) is 5.96. The second-order valence-corrected chi connectivity index (χ2v) is 5.24. The Kier molecular flexibility index (Phi) is 4.35. The van der Waals surface area contributed by atoms with Gasteiger partial charge in [0.25, 0.3) is 0 Å². The van der Waals surface area contributed by atoms with Crippen molar-refractivity contribution in [2.75, 3.05) is 13.6 Å². The van der Waals surface area contributed by atoms with Crippen LogP contribution in [0.4, 0.5) is 4.79 Å². The van der Waals surface area contributed by atoms with Gasteiger partial charge in [0.2, 0.25) is 0 Å². The number of benzene rings is 1. The third kappa shape index (κ3) is 3.52. The molecule has 0 bridgehead atoms. The maximum atomic E-state index is 11.1. The van der Waals surface area contributed by atoms with Crippen LogP contribution in [0.3, 0.4) is 0 Å². The zero-order valence-corrected chi connectivity index (χ0v) is 11.4. The van der Waals surface area contributed by atoms with Gasteiger partial charge in [0.05, 0.1) is 0 Å². The molecule has 0 fully saturated rings. The summed E-state index contributed by atoms with van der Waals surface area (Å²) in [6.07, 6.45) is 0. The van der Waals surface area contributed by atoms with Gasteiger partial charge in [-0.1, -0.05) is 41.9 Å². The summed E-state index contributed by atoms with van der Waals surface area (Å²) in [5.41, 5.74) is 1.12. The van der Waals surface area contributed by atoms with Crippen molar-refractivity contribution in [1.82, 2.24) is 10.6 Å². The molecule has 1 aromatic carbocycles. The highest BCUT2D eigenvalue weighted by molar-refractivity contribution is 9.10. The van der Waals surface area contributed by atoms with E-state index in [1.54, 1.807) is 7.05 Å². The van der Waals surface area contributed by atoms with Crippen molar-refractivity contribution in [1.29, 1.82) is 0 Å². The maximum Gasteiger partial charge on any atom is 0.314 e. The third-order valence-corrected chi connectivity index (χ3v) is 3.07. The number of carbonyl (C=O) groups excluding carboxylic acids is 1. The predicted octanol–water partition coefficient (Wildman–Crippen LogP) is 2.66. The summed E-state index contributed by atoms with van der Waals surface area (Å²) in [5, 5.41) is 5.36. The van der Waals surface area contributed by atoms with Crippen LogP contribution in [0.2, 0.25) is 0 Å². The highest BCUT2D eigenvalue weighted by Gasteiger charge is 2.20. The van der Waals surface area contributed by atoms with Crippen LogP contribution in [0.1, 0.15) is 19.4 Å². The van der Waals surface area contributed by atoms with Crippen molar-refractivity contribution in [2.45, 2.75) is 19.3 Å². The highest BCUT2D eigenvalue weighted by Crippen LogP contribution is 2.23. The molecule has 4 heteroatoms. The van der Waals surface area contributed by atoms with E-state index in [1.807, 2.05) is 12.1 Å². The number of hydrogen-bond acceptors (Lipinski definition) is 1. The number of hydrogen-bond donors (Lipinski definition) is 2. The van der Waals surface area contributed by atoms with Crippen LogP contribution >= 0.6 is 15.9 Å². The average Bonchev–Trinajstić information content (AvgIpc) is 2.26. The van der Waals surface area contributed by atoms with E-state index in [4.69, 9.17) is 0 Å². The molecule has 0 atom stereocenters. The van der Waals surface area contributed by atoms with E-state index in [0.717, 1.165) is 4.47 Å². The Labute approximate surface area is 105 Å². The molecule has 0 spiro atoms. The lowest BCUT2D eigenvalue weighted by atomic mass is 9.85. The number of halogens is 1. The van der Waals surface area contributed by atoms with E-state index in [9.17, 15) is 4.79 Å². The van der Waals surface area contributed by atoms with Crippen LogP contribution in [0, 0.1) is 0 Å². The quantitative estimate of drug-likeness (QED) is 0.880. The summed E-state index contributed by atoms with van der Waals surface area (Å²) in [6.45, 7) is 4.81. The minimum Gasteiger partial charge on any atom is -0.341 e. The number of urea groups is 1. The molecule has 0 aromatic heterocycles. The molecule has 1 rings (SSSR count). The average molecular weight is 285 g/mol. The van der Waals surface area contributed by atoms with Gasteiger partial charge in [-0.3, -0.25) is 0 Å². The molecule has 16 heavy (non-hydrogen) atoms. The molecule has 0 aliphatic heterocycles. The molecule has 0 saturated carbocycles. The highest BCUT2D eigenvalue weighted by atomic mass is 79.9. The van der Waals surface area contributed by atoms with Gasteiger partial charge >= 0.3 is 6.03 Å². The zero-order chi connectivity index (χ0) is 12.2. The van der Waals surface area contributed by atoms with E-state index >= 15 is 0 Å². The fourth-order valence-corrected chi connectivity index (χ4v) is 1.66. The predicted molar refractivity (Wildman–Crippen MR) is 69.6 cm³/mol. The Morgan fingerprint density at radius 1 is 1.31 bits per heavy atom. The van der Waals surface area contributed by atoms with Crippen molar-refractivity contribution in [3.63, 3.8) is 0 Å². The summed E-state index contributed by atoms with van der Waals surface area (Å²) in [5.74, 6) is 0. The van der Waals surface area contributed by atoms with E-state index in [2.05, 4.69) is 52.5 Å². The van der Waals surface area contributed by atoms with Crippen LogP contribution in [0.5, 0.6) is 0 Å². The molecule has 0 radical (unpaired) electrons. The van der Waals surface area contributed by atoms with E-state index in [0.29, 0.717) is 6.54 Å². The van der Waals surface area contributed by atoms with E-state index < -0.39 is 0 Å². The second-order valence-electron chi connectivity index (χ2n) is 4.32. The van der Waals surface area contributed by atoms with Crippen LogP contribution in [0.25, 0.3) is 0 Å². The zero-order valence-electron chi connectivity index (χ0n) is 9.80. The van der Waals surface area contributed by atoms with Crippen LogP contribution in [-0.4, -0.2) is 19.6 Å². The van der Waals surface area contributed by atoms with E-state index in [1.165, 1.54) is 5.56 Å². The van der Waals surface area contributed by atoms with Gasteiger partial charge in [-0.05, 0) is 17.7 Å². The summed E-state index contributed by atoms with van der Waals surface area (Å²) in [7, 11) is 1.61. The molecular formula is C12H17BrN2O. The first-order chi connectivity index (χ1) is 7.45. The third-order valence-electron chi connectivity index (χ3n) is 2.54. The Morgan fingerprint density at radius 2 is 1.88 bits per heavy atom. The molecule has 2 N–H and O–H groups in total. The number of nitrogens with one attached hydrogen (secondary N) is 2. The van der Waals surface area contributed by atoms with Crippen molar-refractivity contribution in [3.05, 3.63) is 34.3 Å². The minimum absolute atomic E-state index is 0.0762. The van der Waals surface area contributed by atoms with Gasteiger partial charge in [0, 0.05) is 23.5 Å². The standard InChI is InChI=1S/C12H17BrN2O/c1-12(2,8-15-11(16)14-3)9-4-6-10(13)7-5-9/h4-7H,8H2,1-3H3,(H2,14,15,16). The molecule has 3 nitrogen and oxygen atoms in total. The molecule has 1 aromatic rings. The Hall–Kier alpha value is -1.03. The molecule has 0 aliphatic rings. The lowest BCUT2D eigenvalue weighted by Crippen LogP contribution is -2.40. The molecule has 0 unspecified atom stereocenters. The molecule has 0 saturated heterocycles. The second kappa shape index (κ2) is 5.34. The summed E-state index contributed by atoms with van der Waals surface area (Å²) >= 11 is 3.41. The summed E-state index contributed by atoms with van der Waals surface area (Å²) in [4.78, 5) is 11.1. The van der Waals surface area contributed by atoms with Crippen molar-refractivity contribution >= 4 is 22.0 Å². The van der Waals surface area contributed by atoms with Gasteiger partial charge in [-0.25, -0.2) is 4.79 Å². The van der Waals surface area contributed by atoms with Crippen LogP contribution in [-0.2, 0) is 5.41 Å². The number of carbonyl (C=O) groups is 1. The van der Waals surface area contributed by atoms with Crippen molar-refractivity contribution in [3.8, 4) is 0 Å². The normalized spacial score (nSPS) is 11.0. The lowest BCUT2D eigenvalue weighted by Gasteiger charge is -2.25. The molecule has 0 aliphatic carbocycles. The first kappa shape index (κ1) is 13.0. The molecule has 2 amide bonds. The van der Waals surface area contributed by atoms with Gasteiger partial charge in [-0.15, -0.1) is 0 Å². The fraction of sp³-hybridized carbons (Fsp3) is 0.417. The lowest BCUT2D eigenvalue weighted by molar-refractivity contribution is 0.240. The number of amides is 2. The Morgan fingerprint density at radius 3 is 2.38 bits per heavy atom. The van der Waals surface area contributed by atoms with E-state index in [-0.39, 0.29) is 11.4 Å². The molecule has 0 heterocycles. The fourth-order valence-electron chi connectivity index (χ4n) is 1.39. The smallest absolute Gasteiger partial charge is 0.314 e. The Bertz CT molecular complexity index is 360. The summed E-state index contributed by atoms with van der Waals surface area (Å²) < 4.78 is 1.06.